The zero-order valence-corrected chi connectivity index (χ0v) is 18.2. The zero-order chi connectivity index (χ0) is 25.3. The summed E-state index contributed by atoms with van der Waals surface area (Å²) in [5, 5.41) is 26.7. The molecular formula is C24H19F3N4O4. The predicted octanol–water partition coefficient (Wildman–Crippen LogP) is 4.31. The minimum absolute atomic E-state index is 0.123. The summed E-state index contributed by atoms with van der Waals surface area (Å²) >= 11 is 0. The summed E-state index contributed by atoms with van der Waals surface area (Å²) < 4.78 is 40.5. The quantitative estimate of drug-likeness (QED) is 0.375. The van der Waals surface area contributed by atoms with Crippen molar-refractivity contribution in [2.45, 2.75) is 25.6 Å². The standard InChI is InChI=1S/C24H19F3N4O4/c1-13(32)9-15-10-20-16(12-31(30-20)17-7-5-14(6-8-17)23(34)35)11-19(15)29-22(33)18-3-2-4-21(28-18)24(25,26)27/h2-8,10-13,32H,9H2,1H3,(H,29,33)(H,34,35). The van der Waals surface area contributed by atoms with Crippen LogP contribution in [0.5, 0.6) is 0 Å². The zero-order valence-electron chi connectivity index (χ0n) is 18.2. The molecule has 2 aromatic carbocycles. The predicted molar refractivity (Wildman–Crippen MR) is 121 cm³/mol. The summed E-state index contributed by atoms with van der Waals surface area (Å²) in [7, 11) is 0. The number of benzene rings is 2. The van der Waals surface area contributed by atoms with Gasteiger partial charge in [-0.15, -0.1) is 0 Å². The maximum atomic E-state index is 13.0. The summed E-state index contributed by atoms with van der Waals surface area (Å²) in [6, 6.07) is 12.4. The molecule has 35 heavy (non-hydrogen) atoms. The maximum Gasteiger partial charge on any atom is 0.433 e. The summed E-state index contributed by atoms with van der Waals surface area (Å²) in [5.41, 5.74) is 0.498. The Hall–Kier alpha value is -4.25. The summed E-state index contributed by atoms with van der Waals surface area (Å²) in [6.45, 7) is 1.56. The van der Waals surface area contributed by atoms with Crippen LogP contribution in [0.2, 0.25) is 0 Å². The number of rotatable bonds is 6. The number of nitrogens with zero attached hydrogens (tertiary/aromatic N) is 3. The normalized spacial score (nSPS) is 12.5. The number of alkyl halides is 3. The first-order chi connectivity index (χ1) is 16.5. The number of carboxylic acids is 1. The van der Waals surface area contributed by atoms with Crippen LogP contribution in [-0.2, 0) is 12.6 Å². The van der Waals surface area contributed by atoms with Gasteiger partial charge in [-0.3, -0.25) is 4.79 Å². The Balaban J connectivity index is 1.69. The van der Waals surface area contributed by atoms with Crippen molar-refractivity contribution in [1.29, 1.82) is 0 Å². The van der Waals surface area contributed by atoms with Crippen LogP contribution in [0.3, 0.4) is 0 Å². The number of carbonyl (C=O) groups excluding carboxylic acids is 1. The van der Waals surface area contributed by atoms with Crippen molar-refractivity contribution in [3.05, 3.63) is 83.3 Å². The van der Waals surface area contributed by atoms with E-state index in [4.69, 9.17) is 5.11 Å². The lowest BCUT2D eigenvalue weighted by Crippen LogP contribution is -2.18. The number of amides is 1. The molecule has 11 heteroatoms. The van der Waals surface area contributed by atoms with Crippen molar-refractivity contribution in [2.75, 3.05) is 5.32 Å². The molecule has 4 aromatic rings. The van der Waals surface area contributed by atoms with E-state index < -0.39 is 35.5 Å². The molecule has 0 aliphatic heterocycles. The monoisotopic (exact) mass is 484 g/mol. The summed E-state index contributed by atoms with van der Waals surface area (Å²) in [6.07, 6.45) is -3.64. The molecule has 4 rings (SSSR count). The Kier molecular flexibility index (Phi) is 6.27. The van der Waals surface area contributed by atoms with E-state index in [2.05, 4.69) is 15.4 Å². The smallest absolute Gasteiger partial charge is 0.433 e. The first kappa shape index (κ1) is 23.9. The largest absolute Gasteiger partial charge is 0.478 e. The molecule has 0 aliphatic rings. The van der Waals surface area contributed by atoms with Gasteiger partial charge in [0.25, 0.3) is 5.91 Å². The van der Waals surface area contributed by atoms with Gasteiger partial charge in [0.2, 0.25) is 0 Å². The number of pyridine rings is 1. The lowest BCUT2D eigenvalue weighted by atomic mass is 10.0. The lowest BCUT2D eigenvalue weighted by Gasteiger charge is -2.13. The number of aliphatic hydroxyl groups is 1. The number of halogens is 3. The first-order valence-electron chi connectivity index (χ1n) is 10.4. The van der Waals surface area contributed by atoms with Crippen LogP contribution in [-0.4, -0.2) is 43.0 Å². The van der Waals surface area contributed by atoms with E-state index in [1.54, 1.807) is 37.4 Å². The topological polar surface area (TPSA) is 117 Å². The van der Waals surface area contributed by atoms with Crippen LogP contribution in [0.1, 0.15) is 39.0 Å². The molecule has 0 fully saturated rings. The SMILES string of the molecule is CC(O)Cc1cc2nn(-c3ccc(C(=O)O)cc3)cc2cc1NC(=O)c1cccc(C(F)(F)F)n1. The third kappa shape index (κ3) is 5.30. The van der Waals surface area contributed by atoms with Gasteiger partial charge in [-0.05, 0) is 61.0 Å². The van der Waals surface area contributed by atoms with E-state index in [1.165, 1.54) is 22.9 Å². The van der Waals surface area contributed by atoms with Crippen molar-refractivity contribution in [2.24, 2.45) is 0 Å². The minimum Gasteiger partial charge on any atom is -0.478 e. The Morgan fingerprint density at radius 1 is 1.11 bits per heavy atom. The third-order valence-electron chi connectivity index (χ3n) is 5.14. The number of carboxylic acid groups (broad SMARTS) is 1. The second-order valence-corrected chi connectivity index (χ2v) is 7.91. The van der Waals surface area contributed by atoms with E-state index in [1.807, 2.05) is 0 Å². The molecule has 1 atom stereocenters. The van der Waals surface area contributed by atoms with E-state index in [0.717, 1.165) is 12.1 Å². The highest BCUT2D eigenvalue weighted by Crippen LogP contribution is 2.29. The molecule has 1 unspecified atom stereocenters. The van der Waals surface area contributed by atoms with Gasteiger partial charge in [0, 0.05) is 23.7 Å². The molecule has 1 amide bonds. The Morgan fingerprint density at radius 2 is 1.83 bits per heavy atom. The second-order valence-electron chi connectivity index (χ2n) is 7.91. The molecule has 2 aromatic heterocycles. The van der Waals surface area contributed by atoms with Gasteiger partial charge in [-0.2, -0.15) is 18.3 Å². The van der Waals surface area contributed by atoms with Crippen LogP contribution in [0.15, 0.2) is 60.8 Å². The van der Waals surface area contributed by atoms with Crippen LogP contribution >= 0.6 is 0 Å². The maximum absolute atomic E-state index is 13.0. The van der Waals surface area contributed by atoms with Crippen LogP contribution in [0.25, 0.3) is 16.6 Å². The summed E-state index contributed by atoms with van der Waals surface area (Å²) in [4.78, 5) is 27.2. The fourth-order valence-corrected chi connectivity index (χ4v) is 3.51. The van der Waals surface area contributed by atoms with Crippen molar-refractivity contribution in [3.63, 3.8) is 0 Å². The van der Waals surface area contributed by atoms with Gasteiger partial charge >= 0.3 is 12.1 Å². The van der Waals surface area contributed by atoms with Gasteiger partial charge in [0.1, 0.15) is 11.4 Å². The third-order valence-corrected chi connectivity index (χ3v) is 5.14. The van der Waals surface area contributed by atoms with Crippen LogP contribution in [0.4, 0.5) is 18.9 Å². The second kappa shape index (κ2) is 9.18. The Bertz CT molecular complexity index is 1410. The highest BCUT2D eigenvalue weighted by molar-refractivity contribution is 6.04. The fraction of sp³-hybridized carbons (Fsp3) is 0.167. The van der Waals surface area contributed by atoms with Crippen LogP contribution in [0, 0.1) is 0 Å². The van der Waals surface area contributed by atoms with E-state index >= 15 is 0 Å². The van der Waals surface area contributed by atoms with Crippen molar-refractivity contribution in [3.8, 4) is 5.69 Å². The number of aromatic nitrogens is 3. The Labute approximate surface area is 196 Å². The van der Waals surface area contributed by atoms with Gasteiger partial charge in [0.05, 0.1) is 22.9 Å². The number of hydrogen-bond acceptors (Lipinski definition) is 5. The molecule has 0 aliphatic carbocycles. The highest BCUT2D eigenvalue weighted by Gasteiger charge is 2.33. The van der Waals surface area contributed by atoms with Crippen molar-refractivity contribution < 1.29 is 33.0 Å². The minimum atomic E-state index is -4.69. The number of carbonyl (C=O) groups is 2. The highest BCUT2D eigenvalue weighted by atomic mass is 19.4. The molecule has 0 bridgehead atoms. The van der Waals surface area contributed by atoms with E-state index in [0.29, 0.717) is 27.8 Å². The average Bonchev–Trinajstić information content (AvgIpc) is 3.21. The van der Waals surface area contributed by atoms with E-state index in [-0.39, 0.29) is 12.0 Å². The van der Waals surface area contributed by atoms with E-state index in [9.17, 15) is 27.9 Å². The number of anilines is 1. The van der Waals surface area contributed by atoms with Crippen molar-refractivity contribution >= 4 is 28.5 Å². The van der Waals surface area contributed by atoms with Crippen LogP contribution < -0.4 is 5.32 Å². The molecule has 0 spiro atoms. The van der Waals surface area contributed by atoms with Crippen molar-refractivity contribution in [1.82, 2.24) is 14.8 Å². The molecule has 180 valence electrons. The fourth-order valence-electron chi connectivity index (χ4n) is 3.51. The Morgan fingerprint density at radius 3 is 2.46 bits per heavy atom. The number of nitrogens with one attached hydrogen (secondary N) is 1. The molecular weight excluding hydrogens is 465 g/mol. The molecule has 0 saturated heterocycles. The molecule has 2 heterocycles. The number of fused-ring (bicyclic) bond motifs is 1. The first-order valence-corrected chi connectivity index (χ1v) is 10.4. The molecule has 0 radical (unpaired) electrons. The van der Waals surface area contributed by atoms with Gasteiger partial charge in [-0.25, -0.2) is 14.5 Å². The van der Waals surface area contributed by atoms with Gasteiger partial charge < -0.3 is 15.5 Å². The lowest BCUT2D eigenvalue weighted by molar-refractivity contribution is -0.141. The number of aliphatic hydroxyl groups excluding tert-OH is 1. The number of aromatic carboxylic acids is 1. The van der Waals surface area contributed by atoms with Gasteiger partial charge in [-0.1, -0.05) is 6.07 Å². The van der Waals surface area contributed by atoms with Gasteiger partial charge in [0.15, 0.2) is 0 Å². The molecule has 3 N–H and O–H groups in total. The molecule has 8 nitrogen and oxygen atoms in total. The molecule has 0 saturated carbocycles. The number of hydrogen-bond donors (Lipinski definition) is 3. The summed E-state index contributed by atoms with van der Waals surface area (Å²) in [5.74, 6) is -1.89. The average molecular weight is 484 g/mol.